The molecule has 23 heavy (non-hydrogen) atoms. The number of amides is 2. The quantitative estimate of drug-likeness (QED) is 0.678. The van der Waals surface area contributed by atoms with Crippen molar-refractivity contribution < 1.29 is 31.6 Å². The van der Waals surface area contributed by atoms with E-state index in [4.69, 9.17) is 9.05 Å². The van der Waals surface area contributed by atoms with E-state index in [0.29, 0.717) is 0 Å². The second-order valence-corrected chi connectivity index (χ2v) is 7.38. The van der Waals surface area contributed by atoms with Crippen LogP contribution in [-0.2, 0) is 13.6 Å². The Morgan fingerprint density at radius 1 is 1.17 bits per heavy atom. The van der Waals surface area contributed by atoms with Gasteiger partial charge < -0.3 is 19.7 Å². The molecule has 0 bridgehead atoms. The molecule has 1 fully saturated rings. The Kier molecular flexibility index (Phi) is 7.83. The number of carbonyl (C=O) groups excluding carboxylic acids is 1. The predicted octanol–water partition coefficient (Wildman–Crippen LogP) is 3.77. The Morgan fingerprint density at radius 3 is 2.13 bits per heavy atom. The minimum absolute atomic E-state index is 0.170. The van der Waals surface area contributed by atoms with Gasteiger partial charge in [-0.1, -0.05) is 19.3 Å². The number of hydrogen-bond donors (Lipinski definition) is 2. The summed E-state index contributed by atoms with van der Waals surface area (Å²) in [4.78, 5) is 11.9. The van der Waals surface area contributed by atoms with Crippen LogP contribution in [0, 0.1) is 0 Å². The first-order valence-electron chi connectivity index (χ1n) is 7.75. The van der Waals surface area contributed by atoms with E-state index >= 15 is 0 Å². The van der Waals surface area contributed by atoms with Crippen molar-refractivity contribution in [2.24, 2.45) is 0 Å². The maximum Gasteiger partial charge on any atom is 0.420 e. The normalized spacial score (nSPS) is 18.5. The highest BCUT2D eigenvalue weighted by molar-refractivity contribution is 7.54. The Balaban J connectivity index is 2.80. The Morgan fingerprint density at radius 2 is 1.70 bits per heavy atom. The first-order valence-corrected chi connectivity index (χ1v) is 9.36. The molecule has 1 aliphatic carbocycles. The Labute approximate surface area is 134 Å². The highest BCUT2D eigenvalue weighted by Crippen LogP contribution is 2.56. The maximum atomic E-state index is 13.2. The monoisotopic (exact) mass is 360 g/mol. The number of alkyl halides is 3. The average Bonchev–Trinajstić information content (AvgIpc) is 2.45. The van der Waals surface area contributed by atoms with E-state index in [1.54, 1.807) is 5.32 Å². The van der Waals surface area contributed by atoms with Crippen LogP contribution in [0.25, 0.3) is 0 Å². The zero-order chi connectivity index (χ0) is 17.5. The van der Waals surface area contributed by atoms with Crippen molar-refractivity contribution in [3.05, 3.63) is 0 Å². The van der Waals surface area contributed by atoms with Gasteiger partial charge in [0.05, 0.1) is 13.2 Å². The van der Waals surface area contributed by atoms with Gasteiger partial charge in [0.1, 0.15) is 0 Å². The fourth-order valence-electron chi connectivity index (χ4n) is 2.48. The first-order chi connectivity index (χ1) is 10.7. The van der Waals surface area contributed by atoms with E-state index in [-0.39, 0.29) is 19.3 Å². The maximum absolute atomic E-state index is 13.2. The van der Waals surface area contributed by atoms with Crippen LogP contribution in [0.5, 0.6) is 0 Å². The van der Waals surface area contributed by atoms with Crippen molar-refractivity contribution in [1.29, 1.82) is 0 Å². The van der Waals surface area contributed by atoms with Crippen molar-refractivity contribution in [3.63, 3.8) is 0 Å². The molecule has 0 spiro atoms. The van der Waals surface area contributed by atoms with Crippen LogP contribution in [-0.4, -0.2) is 37.2 Å². The third-order valence-electron chi connectivity index (χ3n) is 3.45. The van der Waals surface area contributed by atoms with Crippen molar-refractivity contribution in [2.75, 3.05) is 13.2 Å². The molecule has 10 heteroatoms. The van der Waals surface area contributed by atoms with Crippen LogP contribution in [0.1, 0.15) is 46.0 Å². The topological polar surface area (TPSA) is 76.7 Å². The minimum Gasteiger partial charge on any atom is -0.335 e. The first kappa shape index (κ1) is 20.3. The van der Waals surface area contributed by atoms with Gasteiger partial charge in [-0.15, -0.1) is 0 Å². The lowest BCUT2D eigenvalue weighted by atomic mass is 9.96. The zero-order valence-electron chi connectivity index (χ0n) is 13.3. The Bertz CT molecular complexity index is 418. The molecule has 1 atom stereocenters. The fraction of sp³-hybridized carbons (Fsp3) is 0.923. The summed E-state index contributed by atoms with van der Waals surface area (Å²) >= 11 is 0. The molecule has 136 valence electrons. The molecule has 0 radical (unpaired) electrons. The second-order valence-electron chi connectivity index (χ2n) is 5.27. The van der Waals surface area contributed by atoms with Crippen LogP contribution < -0.4 is 10.6 Å². The lowest BCUT2D eigenvalue weighted by Gasteiger charge is -2.30. The predicted molar refractivity (Wildman–Crippen MR) is 79.2 cm³/mol. The van der Waals surface area contributed by atoms with E-state index in [1.807, 2.05) is 0 Å². The minimum atomic E-state index is -4.95. The molecular weight excluding hydrogens is 336 g/mol. The molecule has 1 unspecified atom stereocenters. The van der Waals surface area contributed by atoms with Crippen molar-refractivity contribution in [1.82, 2.24) is 10.6 Å². The third-order valence-corrected chi connectivity index (χ3v) is 5.74. The zero-order valence-corrected chi connectivity index (χ0v) is 14.2. The van der Waals surface area contributed by atoms with Crippen LogP contribution in [0.4, 0.5) is 18.0 Å². The van der Waals surface area contributed by atoms with Gasteiger partial charge in [0.25, 0.3) is 0 Å². The highest BCUT2D eigenvalue weighted by Gasteiger charge is 2.55. The third kappa shape index (κ3) is 6.31. The summed E-state index contributed by atoms with van der Waals surface area (Å²) in [6, 6.07) is -1.19. The lowest BCUT2D eigenvalue weighted by Crippen LogP contribution is -2.52. The molecule has 0 saturated heterocycles. The molecule has 2 amide bonds. The van der Waals surface area contributed by atoms with E-state index in [1.165, 1.54) is 13.8 Å². The number of carbonyl (C=O) groups is 1. The standard InChI is InChI=1S/C13H24F3N2O4P/c1-3-21-23(20,22-4-2)11(13(14,15)16)18-12(19)17-10-8-6-5-7-9-10/h10-11H,3-9H2,1-2H3,(H2,17,18,19). The summed E-state index contributed by atoms with van der Waals surface area (Å²) < 4.78 is 61.5. The van der Waals surface area contributed by atoms with Gasteiger partial charge in [-0.25, -0.2) is 4.79 Å². The number of halogens is 3. The van der Waals surface area contributed by atoms with Crippen molar-refractivity contribution in [3.8, 4) is 0 Å². The molecule has 6 nitrogen and oxygen atoms in total. The lowest BCUT2D eigenvalue weighted by molar-refractivity contribution is -0.139. The van der Waals surface area contributed by atoms with Crippen LogP contribution in [0.15, 0.2) is 0 Å². The summed E-state index contributed by atoms with van der Waals surface area (Å²) in [5.74, 6) is -2.70. The largest absolute Gasteiger partial charge is 0.420 e. The van der Waals surface area contributed by atoms with E-state index < -0.39 is 25.6 Å². The summed E-state index contributed by atoms with van der Waals surface area (Å²) in [6.07, 6.45) is -0.621. The van der Waals surface area contributed by atoms with Gasteiger partial charge in [-0.3, -0.25) is 4.57 Å². The van der Waals surface area contributed by atoms with Gasteiger partial charge in [0, 0.05) is 6.04 Å². The second kappa shape index (κ2) is 8.89. The summed E-state index contributed by atoms with van der Waals surface area (Å²) in [7, 11) is -4.56. The molecule has 0 aromatic carbocycles. The van der Waals surface area contributed by atoms with Gasteiger partial charge in [0.2, 0.25) is 5.78 Å². The van der Waals surface area contributed by atoms with Gasteiger partial charge in [-0.05, 0) is 26.7 Å². The molecule has 2 N–H and O–H groups in total. The molecule has 1 saturated carbocycles. The molecule has 0 aliphatic heterocycles. The van der Waals surface area contributed by atoms with Gasteiger partial charge in [0.15, 0.2) is 0 Å². The molecule has 0 aromatic rings. The highest BCUT2D eigenvalue weighted by atomic mass is 31.2. The smallest absolute Gasteiger partial charge is 0.335 e. The molecular formula is C13H24F3N2O4P. The van der Waals surface area contributed by atoms with E-state index in [9.17, 15) is 22.5 Å². The van der Waals surface area contributed by atoms with E-state index in [0.717, 1.165) is 32.1 Å². The summed E-state index contributed by atoms with van der Waals surface area (Å²) in [5.41, 5.74) is 0. The van der Waals surface area contributed by atoms with E-state index in [2.05, 4.69) is 5.32 Å². The molecule has 1 aliphatic rings. The fourth-order valence-corrected chi connectivity index (χ4v) is 4.21. The average molecular weight is 360 g/mol. The van der Waals surface area contributed by atoms with Crippen LogP contribution in [0.3, 0.4) is 0 Å². The molecule has 0 heterocycles. The number of nitrogens with one attached hydrogen (secondary N) is 2. The number of hydrogen-bond acceptors (Lipinski definition) is 4. The van der Waals surface area contributed by atoms with Crippen molar-refractivity contribution >= 4 is 13.6 Å². The van der Waals surface area contributed by atoms with Crippen molar-refractivity contribution in [2.45, 2.75) is 64.0 Å². The van der Waals surface area contributed by atoms with Gasteiger partial charge >= 0.3 is 19.8 Å². The SMILES string of the molecule is CCOP(=O)(OCC)C(NC(=O)NC1CCCCC1)C(F)(F)F. The van der Waals surface area contributed by atoms with Crippen LogP contribution >= 0.6 is 7.60 Å². The van der Waals surface area contributed by atoms with Gasteiger partial charge in [-0.2, -0.15) is 13.2 Å². The summed E-state index contributed by atoms with van der Waals surface area (Å²) in [5, 5.41) is 4.22. The Hall–Kier alpha value is -0.790. The number of rotatable bonds is 7. The summed E-state index contributed by atoms with van der Waals surface area (Å²) in [6.45, 7) is 2.36. The number of urea groups is 1. The van der Waals surface area contributed by atoms with Crippen LogP contribution in [0.2, 0.25) is 0 Å². The molecule has 1 rings (SSSR count). The molecule has 0 aromatic heterocycles.